The molecule has 4 nitrogen and oxygen atoms in total. The molecule has 2 amide bonds. The Morgan fingerprint density at radius 2 is 1.76 bits per heavy atom. The van der Waals surface area contributed by atoms with E-state index in [0.29, 0.717) is 23.4 Å². The molecule has 2 aromatic carbocycles. The first-order valence-corrected chi connectivity index (χ1v) is 8.02. The summed E-state index contributed by atoms with van der Waals surface area (Å²) in [4.78, 5) is 28.2. The van der Waals surface area contributed by atoms with Crippen LogP contribution < -0.4 is 4.90 Å². The fourth-order valence-corrected chi connectivity index (χ4v) is 2.91. The Kier molecular flexibility index (Phi) is 4.53. The fraction of sp³-hybridized carbons (Fsp3) is 0.263. The second kappa shape index (κ2) is 6.63. The van der Waals surface area contributed by atoms with Crippen molar-refractivity contribution < 1.29 is 18.4 Å². The lowest BCUT2D eigenvalue weighted by Crippen LogP contribution is -2.57. The van der Waals surface area contributed by atoms with Crippen LogP contribution in [-0.2, 0) is 4.79 Å². The summed E-state index contributed by atoms with van der Waals surface area (Å²) in [5.74, 6) is -1.39. The summed E-state index contributed by atoms with van der Waals surface area (Å²) in [6, 6.07) is 9.19. The molecule has 0 spiro atoms. The minimum Gasteiger partial charge on any atom is -0.325 e. The topological polar surface area (TPSA) is 40.6 Å². The average molecular weight is 344 g/mol. The molecular weight excluding hydrogens is 326 g/mol. The molecule has 1 fully saturated rings. The highest BCUT2D eigenvalue weighted by Crippen LogP contribution is 2.23. The van der Waals surface area contributed by atoms with Gasteiger partial charge in [0.15, 0.2) is 0 Å². The number of halogens is 2. The maximum atomic E-state index is 13.8. The first kappa shape index (κ1) is 17.1. The fourth-order valence-electron chi connectivity index (χ4n) is 2.91. The Morgan fingerprint density at radius 1 is 1.08 bits per heavy atom. The second-order valence-electron chi connectivity index (χ2n) is 6.10. The highest BCUT2D eigenvalue weighted by molar-refractivity contribution is 6.03. The van der Waals surface area contributed by atoms with Crippen LogP contribution in [0.15, 0.2) is 42.5 Å². The van der Waals surface area contributed by atoms with E-state index >= 15 is 0 Å². The van der Waals surface area contributed by atoms with Gasteiger partial charge in [-0.15, -0.1) is 0 Å². The largest absolute Gasteiger partial charge is 0.325 e. The van der Waals surface area contributed by atoms with E-state index in [9.17, 15) is 18.4 Å². The molecule has 1 aliphatic heterocycles. The number of benzene rings is 2. The highest BCUT2D eigenvalue weighted by Gasteiger charge is 2.35. The zero-order valence-electron chi connectivity index (χ0n) is 14.0. The van der Waals surface area contributed by atoms with E-state index in [1.807, 2.05) is 0 Å². The second-order valence-corrected chi connectivity index (χ2v) is 6.10. The summed E-state index contributed by atoms with van der Waals surface area (Å²) in [6.45, 7) is 3.89. The minimum atomic E-state index is -0.685. The normalized spacial score (nSPS) is 17.8. The number of rotatable bonds is 2. The third-order valence-electron chi connectivity index (χ3n) is 4.47. The van der Waals surface area contributed by atoms with Crippen molar-refractivity contribution in [1.82, 2.24) is 4.90 Å². The number of carbonyl (C=O) groups excluding carboxylic acids is 2. The van der Waals surface area contributed by atoms with Crippen LogP contribution in [-0.4, -0.2) is 35.8 Å². The molecule has 2 aromatic rings. The molecule has 6 heteroatoms. The van der Waals surface area contributed by atoms with Crippen molar-refractivity contribution in [2.75, 3.05) is 18.0 Å². The maximum Gasteiger partial charge on any atom is 0.254 e. The third-order valence-corrected chi connectivity index (χ3v) is 4.47. The third kappa shape index (κ3) is 3.24. The Morgan fingerprint density at radius 3 is 2.40 bits per heavy atom. The Bertz CT molecular complexity index is 821. The summed E-state index contributed by atoms with van der Waals surface area (Å²) >= 11 is 0. The van der Waals surface area contributed by atoms with E-state index in [2.05, 4.69) is 0 Å². The van der Waals surface area contributed by atoms with Gasteiger partial charge < -0.3 is 9.80 Å². The lowest BCUT2D eigenvalue weighted by molar-refractivity contribution is -0.124. The van der Waals surface area contributed by atoms with Gasteiger partial charge in [-0.2, -0.15) is 0 Å². The van der Waals surface area contributed by atoms with E-state index < -0.39 is 11.9 Å². The molecule has 0 aromatic heterocycles. The molecule has 1 atom stereocenters. The predicted octanol–water partition coefficient (Wildman–Crippen LogP) is 3.15. The average Bonchev–Trinajstić information content (AvgIpc) is 2.60. The maximum absolute atomic E-state index is 13.8. The van der Waals surface area contributed by atoms with Gasteiger partial charge in [0.1, 0.15) is 17.7 Å². The van der Waals surface area contributed by atoms with Gasteiger partial charge >= 0.3 is 0 Å². The van der Waals surface area contributed by atoms with Crippen LogP contribution in [0, 0.1) is 18.6 Å². The van der Waals surface area contributed by atoms with Gasteiger partial charge in [0.05, 0.1) is 0 Å². The number of amides is 2. The number of hydrogen-bond acceptors (Lipinski definition) is 2. The van der Waals surface area contributed by atoms with Crippen LogP contribution in [0.4, 0.5) is 14.5 Å². The standard InChI is InChI=1S/C19H18F2N2O2/c1-12-3-8-16(11-17(12)21)23-10-9-22(13(2)18(23)24)19(25)14-4-6-15(20)7-5-14/h3-8,11,13H,9-10H2,1-2H3/t13-/m1/s1. The molecule has 0 unspecified atom stereocenters. The van der Waals surface area contributed by atoms with Crippen LogP contribution >= 0.6 is 0 Å². The number of hydrogen-bond donors (Lipinski definition) is 0. The molecule has 0 radical (unpaired) electrons. The smallest absolute Gasteiger partial charge is 0.254 e. The van der Waals surface area contributed by atoms with Crippen molar-refractivity contribution in [3.8, 4) is 0 Å². The van der Waals surface area contributed by atoms with Crippen molar-refractivity contribution in [2.45, 2.75) is 19.9 Å². The van der Waals surface area contributed by atoms with Gasteiger partial charge in [-0.3, -0.25) is 9.59 Å². The van der Waals surface area contributed by atoms with Crippen LogP contribution in [0.2, 0.25) is 0 Å². The molecule has 130 valence electrons. The number of carbonyl (C=O) groups is 2. The summed E-state index contributed by atoms with van der Waals surface area (Å²) in [6.07, 6.45) is 0. The zero-order valence-corrected chi connectivity index (χ0v) is 14.0. The molecule has 0 bridgehead atoms. The monoisotopic (exact) mass is 344 g/mol. The van der Waals surface area contributed by atoms with Crippen molar-refractivity contribution in [1.29, 1.82) is 0 Å². The van der Waals surface area contributed by atoms with Crippen molar-refractivity contribution >= 4 is 17.5 Å². The number of piperazine rings is 1. The molecule has 0 aliphatic carbocycles. The Hall–Kier alpha value is -2.76. The summed E-state index contributed by atoms with van der Waals surface area (Å²) in [7, 11) is 0. The van der Waals surface area contributed by atoms with Crippen LogP contribution in [0.1, 0.15) is 22.8 Å². The molecule has 1 heterocycles. The van der Waals surface area contributed by atoms with E-state index in [-0.39, 0.29) is 24.2 Å². The van der Waals surface area contributed by atoms with Crippen LogP contribution in [0.3, 0.4) is 0 Å². The molecule has 25 heavy (non-hydrogen) atoms. The number of nitrogens with zero attached hydrogens (tertiary/aromatic N) is 2. The van der Waals surface area contributed by atoms with Crippen molar-refractivity contribution in [2.24, 2.45) is 0 Å². The van der Waals surface area contributed by atoms with Crippen molar-refractivity contribution in [3.63, 3.8) is 0 Å². The van der Waals surface area contributed by atoms with Gasteiger partial charge in [0.2, 0.25) is 5.91 Å². The van der Waals surface area contributed by atoms with Crippen molar-refractivity contribution in [3.05, 3.63) is 65.2 Å². The number of aryl methyl sites for hydroxylation is 1. The molecule has 3 rings (SSSR count). The molecule has 0 N–H and O–H groups in total. The first-order valence-electron chi connectivity index (χ1n) is 8.02. The van der Waals surface area contributed by atoms with E-state index in [1.54, 1.807) is 26.0 Å². The summed E-state index contributed by atoms with van der Waals surface area (Å²) in [5, 5.41) is 0. The zero-order chi connectivity index (χ0) is 18.1. The predicted molar refractivity (Wildman–Crippen MR) is 90.4 cm³/mol. The highest BCUT2D eigenvalue weighted by atomic mass is 19.1. The lowest BCUT2D eigenvalue weighted by atomic mass is 10.1. The number of anilines is 1. The van der Waals surface area contributed by atoms with Crippen LogP contribution in [0.5, 0.6) is 0 Å². The molecular formula is C19H18F2N2O2. The molecule has 1 saturated heterocycles. The molecule has 1 aliphatic rings. The van der Waals surface area contributed by atoms with Gasteiger partial charge in [-0.25, -0.2) is 8.78 Å². The van der Waals surface area contributed by atoms with E-state index in [4.69, 9.17) is 0 Å². The quantitative estimate of drug-likeness (QED) is 0.840. The Labute approximate surface area is 144 Å². The minimum absolute atomic E-state index is 0.273. The van der Waals surface area contributed by atoms with Gasteiger partial charge in [-0.05, 0) is 55.8 Å². The van der Waals surface area contributed by atoms with Gasteiger partial charge in [-0.1, -0.05) is 6.07 Å². The molecule has 0 saturated carbocycles. The summed E-state index contributed by atoms with van der Waals surface area (Å²) < 4.78 is 26.8. The first-order chi connectivity index (χ1) is 11.9. The SMILES string of the molecule is Cc1ccc(N2CCN(C(=O)c3ccc(F)cc3)[C@H](C)C2=O)cc1F. The summed E-state index contributed by atoms with van der Waals surface area (Å²) in [5.41, 5.74) is 1.32. The van der Waals surface area contributed by atoms with Crippen LogP contribution in [0.25, 0.3) is 0 Å². The lowest BCUT2D eigenvalue weighted by Gasteiger charge is -2.39. The Balaban J connectivity index is 1.80. The van der Waals surface area contributed by atoms with E-state index in [0.717, 1.165) is 0 Å². The van der Waals surface area contributed by atoms with Gasteiger partial charge in [0.25, 0.3) is 5.91 Å². The van der Waals surface area contributed by atoms with Gasteiger partial charge in [0, 0.05) is 24.3 Å². The van der Waals surface area contributed by atoms with E-state index in [1.165, 1.54) is 40.1 Å².